The van der Waals surface area contributed by atoms with Crippen molar-refractivity contribution < 1.29 is 14.1 Å². The molecule has 6 heteroatoms. The van der Waals surface area contributed by atoms with Crippen molar-refractivity contribution in [1.29, 1.82) is 0 Å². The monoisotopic (exact) mass is 391 g/mol. The third-order valence-electron chi connectivity index (χ3n) is 5.20. The zero-order valence-electron chi connectivity index (χ0n) is 16.8. The van der Waals surface area contributed by atoms with Crippen LogP contribution in [0.25, 0.3) is 22.6 Å². The van der Waals surface area contributed by atoms with Crippen LogP contribution in [0.15, 0.2) is 59.1 Å². The van der Waals surface area contributed by atoms with Gasteiger partial charge < -0.3 is 19.1 Å². The van der Waals surface area contributed by atoms with Crippen LogP contribution in [0, 0.1) is 0 Å². The maximum Gasteiger partial charge on any atom is 0.338 e. The fraction of sp³-hybridized carbons (Fsp3) is 0.304. The second kappa shape index (κ2) is 8.49. The highest BCUT2D eigenvalue weighted by atomic mass is 16.5. The summed E-state index contributed by atoms with van der Waals surface area (Å²) in [6, 6.07) is 17.5. The van der Waals surface area contributed by atoms with Gasteiger partial charge in [-0.05, 0) is 38.2 Å². The Kier molecular flexibility index (Phi) is 5.62. The van der Waals surface area contributed by atoms with Gasteiger partial charge in [0, 0.05) is 49.1 Å². The first-order valence-electron chi connectivity index (χ1n) is 9.92. The van der Waals surface area contributed by atoms with Crippen LogP contribution in [0.3, 0.4) is 0 Å². The summed E-state index contributed by atoms with van der Waals surface area (Å²) in [4.78, 5) is 16.7. The Balaban J connectivity index is 1.51. The van der Waals surface area contributed by atoms with Crippen molar-refractivity contribution >= 4 is 11.7 Å². The molecular formula is C23H25N3O3. The summed E-state index contributed by atoms with van der Waals surface area (Å²) in [6.45, 7) is 6.39. The first-order chi connectivity index (χ1) is 14.1. The van der Waals surface area contributed by atoms with E-state index in [1.807, 2.05) is 18.2 Å². The van der Waals surface area contributed by atoms with Gasteiger partial charge in [-0.25, -0.2) is 4.79 Å². The van der Waals surface area contributed by atoms with Crippen molar-refractivity contribution in [3.05, 3.63) is 60.2 Å². The van der Waals surface area contributed by atoms with Gasteiger partial charge in [0.05, 0.1) is 12.2 Å². The molecule has 1 fully saturated rings. The highest BCUT2D eigenvalue weighted by molar-refractivity contribution is 5.90. The fourth-order valence-corrected chi connectivity index (χ4v) is 3.47. The zero-order chi connectivity index (χ0) is 20.2. The summed E-state index contributed by atoms with van der Waals surface area (Å²) in [5.41, 5.74) is 4.29. The Hall–Kier alpha value is -3.12. The lowest BCUT2D eigenvalue weighted by Crippen LogP contribution is -2.44. The molecule has 150 valence electrons. The van der Waals surface area contributed by atoms with Gasteiger partial charge in [-0.2, -0.15) is 0 Å². The van der Waals surface area contributed by atoms with E-state index in [1.54, 1.807) is 19.1 Å². The molecule has 29 heavy (non-hydrogen) atoms. The maximum absolute atomic E-state index is 12.0. The molecule has 0 aliphatic carbocycles. The number of anilines is 1. The minimum atomic E-state index is -0.339. The van der Waals surface area contributed by atoms with Crippen LogP contribution >= 0.6 is 0 Å². The number of benzene rings is 2. The van der Waals surface area contributed by atoms with Gasteiger partial charge in [0.25, 0.3) is 0 Å². The van der Waals surface area contributed by atoms with Crippen LogP contribution in [0.1, 0.15) is 17.3 Å². The van der Waals surface area contributed by atoms with E-state index in [-0.39, 0.29) is 5.97 Å². The van der Waals surface area contributed by atoms with Crippen LogP contribution in [-0.2, 0) is 4.74 Å². The van der Waals surface area contributed by atoms with Crippen LogP contribution in [0.5, 0.6) is 0 Å². The van der Waals surface area contributed by atoms with Crippen molar-refractivity contribution in [3.63, 3.8) is 0 Å². The van der Waals surface area contributed by atoms with Crippen LogP contribution in [0.4, 0.5) is 5.69 Å². The predicted molar refractivity (Wildman–Crippen MR) is 113 cm³/mol. The summed E-state index contributed by atoms with van der Waals surface area (Å²) >= 11 is 0. The summed E-state index contributed by atoms with van der Waals surface area (Å²) in [6.07, 6.45) is 0. The Labute approximate surface area is 170 Å². The number of esters is 1. The maximum atomic E-state index is 12.0. The van der Waals surface area contributed by atoms with Crippen LogP contribution in [-0.4, -0.2) is 55.9 Å². The van der Waals surface area contributed by atoms with Gasteiger partial charge in [-0.1, -0.05) is 29.4 Å². The topological polar surface area (TPSA) is 58.8 Å². The molecule has 2 heterocycles. The number of hydrogen-bond acceptors (Lipinski definition) is 6. The van der Waals surface area contributed by atoms with Crippen molar-refractivity contribution in [2.24, 2.45) is 0 Å². The number of likely N-dealkylation sites (N-methyl/N-ethyl adjacent to an activating group) is 1. The SMILES string of the molecule is CCOC(=O)c1cccc(-c2cc(-c3ccc(N4CCN(C)CC4)cc3)no2)c1. The lowest BCUT2D eigenvalue weighted by Gasteiger charge is -2.34. The van der Waals surface area contributed by atoms with Crippen molar-refractivity contribution in [2.45, 2.75) is 6.92 Å². The van der Waals surface area contributed by atoms with Crippen molar-refractivity contribution in [2.75, 3.05) is 44.7 Å². The molecule has 0 atom stereocenters. The largest absolute Gasteiger partial charge is 0.462 e. The molecule has 6 nitrogen and oxygen atoms in total. The third kappa shape index (κ3) is 4.32. The standard InChI is InChI=1S/C23H25N3O3/c1-3-28-23(27)19-6-4-5-18(15-19)22-16-21(24-29-22)17-7-9-20(10-8-17)26-13-11-25(2)12-14-26/h4-10,15-16H,3,11-14H2,1-2H3. The van der Waals surface area contributed by atoms with Gasteiger partial charge in [0.1, 0.15) is 5.69 Å². The summed E-state index contributed by atoms with van der Waals surface area (Å²) in [7, 11) is 2.16. The number of nitrogens with zero attached hydrogens (tertiary/aromatic N) is 3. The number of hydrogen-bond donors (Lipinski definition) is 0. The number of piperazine rings is 1. The van der Waals surface area contributed by atoms with E-state index in [0.29, 0.717) is 17.9 Å². The molecule has 0 radical (unpaired) electrons. The fourth-order valence-electron chi connectivity index (χ4n) is 3.47. The second-order valence-electron chi connectivity index (χ2n) is 7.21. The first kappa shape index (κ1) is 19.2. The van der Waals surface area contributed by atoms with E-state index in [1.165, 1.54) is 5.69 Å². The molecule has 0 spiro atoms. The first-order valence-corrected chi connectivity index (χ1v) is 9.92. The number of carbonyl (C=O) groups excluding carboxylic acids is 1. The van der Waals surface area contributed by atoms with E-state index >= 15 is 0 Å². The molecule has 2 aromatic carbocycles. The normalized spacial score (nSPS) is 14.8. The molecule has 0 unspecified atom stereocenters. The van der Waals surface area contributed by atoms with Gasteiger partial charge in [-0.3, -0.25) is 0 Å². The summed E-state index contributed by atoms with van der Waals surface area (Å²) in [5, 5.41) is 4.21. The van der Waals surface area contributed by atoms with Crippen molar-refractivity contribution in [1.82, 2.24) is 10.1 Å². The third-order valence-corrected chi connectivity index (χ3v) is 5.20. The molecule has 0 bridgehead atoms. The zero-order valence-corrected chi connectivity index (χ0v) is 16.8. The molecule has 0 N–H and O–H groups in total. The molecule has 0 amide bonds. The van der Waals surface area contributed by atoms with Gasteiger partial charge in [0.2, 0.25) is 0 Å². The Morgan fingerprint density at radius 2 is 1.79 bits per heavy atom. The highest BCUT2D eigenvalue weighted by Gasteiger charge is 2.15. The Bertz CT molecular complexity index is 973. The number of rotatable bonds is 5. The second-order valence-corrected chi connectivity index (χ2v) is 7.21. The average Bonchev–Trinajstić information content (AvgIpc) is 3.25. The lowest BCUT2D eigenvalue weighted by atomic mass is 10.1. The minimum Gasteiger partial charge on any atom is -0.462 e. The van der Waals surface area contributed by atoms with Gasteiger partial charge in [0.15, 0.2) is 5.76 Å². The molecule has 4 rings (SSSR count). The predicted octanol–water partition coefficient (Wildman–Crippen LogP) is 3.94. The Morgan fingerprint density at radius 1 is 1.03 bits per heavy atom. The van der Waals surface area contributed by atoms with E-state index < -0.39 is 0 Å². The average molecular weight is 391 g/mol. The molecule has 1 aliphatic rings. The molecular weight excluding hydrogens is 366 g/mol. The van der Waals surface area contributed by atoms with E-state index in [2.05, 4.69) is 46.3 Å². The number of ether oxygens (including phenoxy) is 1. The van der Waals surface area contributed by atoms with Gasteiger partial charge in [-0.15, -0.1) is 0 Å². The Morgan fingerprint density at radius 3 is 2.52 bits per heavy atom. The van der Waals surface area contributed by atoms with E-state index in [9.17, 15) is 4.79 Å². The quantitative estimate of drug-likeness (QED) is 0.614. The summed E-state index contributed by atoms with van der Waals surface area (Å²) < 4.78 is 10.6. The number of aromatic nitrogens is 1. The van der Waals surface area contributed by atoms with Crippen LogP contribution in [0.2, 0.25) is 0 Å². The molecule has 1 aliphatic heterocycles. The molecule has 1 saturated heterocycles. The lowest BCUT2D eigenvalue weighted by molar-refractivity contribution is 0.0526. The van der Waals surface area contributed by atoms with Crippen LogP contribution < -0.4 is 4.90 Å². The minimum absolute atomic E-state index is 0.339. The highest BCUT2D eigenvalue weighted by Crippen LogP contribution is 2.28. The molecule has 1 aromatic heterocycles. The van der Waals surface area contributed by atoms with E-state index in [4.69, 9.17) is 9.26 Å². The smallest absolute Gasteiger partial charge is 0.338 e. The molecule has 3 aromatic rings. The van der Waals surface area contributed by atoms with Crippen molar-refractivity contribution in [3.8, 4) is 22.6 Å². The number of carbonyl (C=O) groups is 1. The van der Waals surface area contributed by atoms with E-state index in [0.717, 1.165) is 43.0 Å². The van der Waals surface area contributed by atoms with Gasteiger partial charge >= 0.3 is 5.97 Å². The molecule has 0 saturated carbocycles. The summed E-state index contributed by atoms with van der Waals surface area (Å²) in [5.74, 6) is 0.280.